The molecule has 212 valence electrons. The summed E-state index contributed by atoms with van der Waals surface area (Å²) in [4.78, 5) is 42.8. The minimum Gasteiger partial charge on any atom is -0.483 e. The molecule has 0 aromatic heterocycles. The Labute approximate surface area is 228 Å². The van der Waals surface area contributed by atoms with Gasteiger partial charge in [-0.2, -0.15) is 0 Å². The molecule has 0 radical (unpaired) electrons. The first-order valence-electron chi connectivity index (χ1n) is 12.7. The van der Waals surface area contributed by atoms with Crippen LogP contribution in [0.3, 0.4) is 0 Å². The number of unbranched alkanes of at least 4 members (excludes halogenated alkanes) is 1. The van der Waals surface area contributed by atoms with Crippen molar-refractivity contribution in [3.05, 3.63) is 41.5 Å². The van der Waals surface area contributed by atoms with Crippen LogP contribution in [-0.4, -0.2) is 54.8 Å². The zero-order chi connectivity index (χ0) is 29.9. The highest BCUT2D eigenvalue weighted by atomic mass is 16.5. The minimum absolute atomic E-state index is 0.0253. The summed E-state index contributed by atoms with van der Waals surface area (Å²) in [6, 6.07) is 5.09. The van der Waals surface area contributed by atoms with E-state index < -0.39 is 12.0 Å². The topological polar surface area (TPSA) is 122 Å². The Morgan fingerprint density at radius 3 is 2.08 bits per heavy atom. The average molecular weight is 531 g/mol. The molecule has 0 heterocycles. The van der Waals surface area contributed by atoms with E-state index in [1.807, 2.05) is 38.1 Å². The molecule has 1 aliphatic rings. The zero-order valence-corrected chi connectivity index (χ0v) is 24.0. The molecule has 0 fully saturated rings. The number of terminal acetylenes is 1. The summed E-state index contributed by atoms with van der Waals surface area (Å²) in [6.07, 6.45) is 19.6. The summed E-state index contributed by atoms with van der Waals surface area (Å²) in [7, 11) is 1.60. The van der Waals surface area contributed by atoms with Crippen molar-refractivity contribution < 1.29 is 29.0 Å². The molecule has 1 atom stereocenters. The van der Waals surface area contributed by atoms with Crippen LogP contribution in [0.25, 0.3) is 12.2 Å². The van der Waals surface area contributed by atoms with Crippen molar-refractivity contribution >= 4 is 35.6 Å². The van der Waals surface area contributed by atoms with Crippen molar-refractivity contribution in [2.24, 2.45) is 0 Å². The molecule has 1 aromatic carbocycles. The number of Topliss-reactive ketones (excluding diaryl/α,β-unsaturated/α-hetero) is 2. The van der Waals surface area contributed by atoms with E-state index in [9.17, 15) is 19.2 Å². The third-order valence-electron chi connectivity index (χ3n) is 4.56. The number of fused-ring (bicyclic) bond motifs is 1. The van der Waals surface area contributed by atoms with Gasteiger partial charge < -0.3 is 20.5 Å². The number of nitrogens with one attached hydrogen (secondary N) is 2. The molecule has 0 unspecified atom stereocenters. The van der Waals surface area contributed by atoms with Crippen LogP contribution in [0.4, 0.5) is 0 Å². The molecule has 1 amide bonds. The van der Waals surface area contributed by atoms with Crippen LogP contribution in [0, 0.1) is 12.8 Å². The summed E-state index contributed by atoms with van der Waals surface area (Å²) in [6.45, 7) is 11.1. The molecular weight excluding hydrogens is 484 g/mol. The van der Waals surface area contributed by atoms with E-state index in [0.717, 1.165) is 23.3 Å². The standard InChI is InChI=1S/C14H15NO2.C8H13NO4.C4H10.C2H6.C2H2/c1-15-14(16)10-17-13-9-5-7-11-6-3-2-4-8-12(11)13;1-5(10)4-9-7(6(2)11)3-8(12)13;1-3-4-2;2*1-2/h3-9H,2,10H2,1H3,(H,15,16);7,9H,3-4H2,1-2H3,(H,12,13);3-4H2,1-2H3;1-2H3;1-2H/t;7-;;;/m.0.../s1. The van der Waals surface area contributed by atoms with Crippen molar-refractivity contribution in [1.82, 2.24) is 10.6 Å². The van der Waals surface area contributed by atoms with Crippen LogP contribution in [0.15, 0.2) is 30.4 Å². The van der Waals surface area contributed by atoms with Crippen molar-refractivity contribution in [2.45, 2.75) is 73.3 Å². The van der Waals surface area contributed by atoms with E-state index in [2.05, 4.69) is 55.6 Å². The number of ketones is 2. The number of likely N-dealkylation sites (N-methyl/N-ethyl adjacent to an activating group) is 1. The lowest BCUT2D eigenvalue weighted by atomic mass is 10.1. The third-order valence-corrected chi connectivity index (χ3v) is 4.56. The third kappa shape index (κ3) is 20.5. The maximum Gasteiger partial charge on any atom is 0.305 e. The van der Waals surface area contributed by atoms with E-state index in [1.165, 1.54) is 26.7 Å². The lowest BCUT2D eigenvalue weighted by Crippen LogP contribution is -2.39. The molecule has 3 N–H and O–H groups in total. The molecule has 0 saturated heterocycles. The van der Waals surface area contributed by atoms with Crippen LogP contribution in [0.1, 0.15) is 78.4 Å². The lowest BCUT2D eigenvalue weighted by Gasteiger charge is -2.11. The Balaban J connectivity index is -0.000000518. The normalized spacial score (nSPS) is 10.9. The Bertz CT molecular complexity index is 901. The number of carboxylic acids is 1. The molecule has 0 aliphatic heterocycles. The SMILES string of the molecule is C#C.CC.CC(=O)CN[C@@H](CC(=O)O)C(C)=O.CCCC.CNC(=O)COc1cccc2c1C=CCC=C2. The number of carbonyl (C=O) groups is 4. The van der Waals surface area contributed by atoms with E-state index in [4.69, 9.17) is 9.84 Å². The summed E-state index contributed by atoms with van der Waals surface area (Å²) in [5.41, 5.74) is 2.15. The number of carbonyl (C=O) groups excluding carboxylic acids is 3. The predicted molar refractivity (Wildman–Crippen MR) is 156 cm³/mol. The van der Waals surface area contributed by atoms with Gasteiger partial charge in [0.2, 0.25) is 0 Å². The van der Waals surface area contributed by atoms with E-state index >= 15 is 0 Å². The minimum atomic E-state index is -1.06. The highest BCUT2D eigenvalue weighted by Gasteiger charge is 2.17. The number of hydrogen-bond donors (Lipinski definition) is 3. The van der Waals surface area contributed by atoms with Gasteiger partial charge in [0.15, 0.2) is 6.61 Å². The first-order valence-corrected chi connectivity index (χ1v) is 12.7. The number of allylic oxidation sites excluding steroid dienone is 2. The molecule has 0 saturated carbocycles. The molecule has 2 rings (SSSR count). The fraction of sp³-hybridized carbons (Fsp3) is 0.467. The van der Waals surface area contributed by atoms with Gasteiger partial charge in [-0.15, -0.1) is 12.8 Å². The molecule has 8 heteroatoms. The van der Waals surface area contributed by atoms with Gasteiger partial charge in [0, 0.05) is 12.6 Å². The smallest absolute Gasteiger partial charge is 0.305 e. The molecule has 0 spiro atoms. The Morgan fingerprint density at radius 2 is 1.61 bits per heavy atom. The van der Waals surface area contributed by atoms with E-state index in [-0.39, 0.29) is 37.0 Å². The van der Waals surface area contributed by atoms with Gasteiger partial charge in [0.05, 0.1) is 19.0 Å². The molecule has 1 aromatic rings. The van der Waals surface area contributed by atoms with Crippen molar-refractivity contribution in [1.29, 1.82) is 0 Å². The van der Waals surface area contributed by atoms with Gasteiger partial charge in [-0.25, -0.2) is 0 Å². The van der Waals surface area contributed by atoms with E-state index in [0.29, 0.717) is 0 Å². The molecule has 1 aliphatic carbocycles. The largest absolute Gasteiger partial charge is 0.483 e. The lowest BCUT2D eigenvalue weighted by molar-refractivity contribution is -0.139. The van der Waals surface area contributed by atoms with Crippen molar-refractivity contribution in [3.8, 4) is 18.6 Å². The monoisotopic (exact) mass is 530 g/mol. The number of aliphatic carboxylic acids is 1. The first-order chi connectivity index (χ1) is 18.2. The maximum atomic E-state index is 11.2. The Hall–Kier alpha value is -3.70. The molecule has 0 bridgehead atoms. The Morgan fingerprint density at radius 1 is 1.03 bits per heavy atom. The highest BCUT2D eigenvalue weighted by molar-refractivity contribution is 5.87. The first kappa shape index (κ1) is 38.8. The van der Waals surface area contributed by atoms with Crippen LogP contribution in [0.2, 0.25) is 0 Å². The predicted octanol–water partition coefficient (Wildman–Crippen LogP) is 4.92. The molecular formula is C30H46N2O6. The molecule has 8 nitrogen and oxygen atoms in total. The summed E-state index contributed by atoms with van der Waals surface area (Å²) >= 11 is 0. The maximum absolute atomic E-state index is 11.2. The van der Waals surface area contributed by atoms with Gasteiger partial charge in [0.1, 0.15) is 17.3 Å². The van der Waals surface area contributed by atoms with Gasteiger partial charge >= 0.3 is 5.97 Å². The number of amides is 1. The van der Waals surface area contributed by atoms with E-state index in [1.54, 1.807) is 7.05 Å². The van der Waals surface area contributed by atoms with Crippen molar-refractivity contribution in [3.63, 3.8) is 0 Å². The second kappa shape index (κ2) is 26.4. The fourth-order valence-corrected chi connectivity index (χ4v) is 2.49. The zero-order valence-electron chi connectivity index (χ0n) is 24.0. The van der Waals surface area contributed by atoms with Crippen LogP contribution in [-0.2, 0) is 19.2 Å². The number of ether oxygens (including phenoxy) is 1. The van der Waals surface area contributed by atoms with Gasteiger partial charge in [-0.1, -0.05) is 77.0 Å². The van der Waals surface area contributed by atoms with Crippen LogP contribution < -0.4 is 15.4 Å². The number of benzene rings is 1. The molecule has 38 heavy (non-hydrogen) atoms. The number of hydrogen-bond acceptors (Lipinski definition) is 6. The Kier molecular flexibility index (Phi) is 26.9. The second-order valence-electron chi connectivity index (χ2n) is 7.61. The van der Waals surface area contributed by atoms with Gasteiger partial charge in [-0.3, -0.25) is 19.2 Å². The fourth-order valence-electron chi connectivity index (χ4n) is 2.49. The van der Waals surface area contributed by atoms with Crippen LogP contribution in [0.5, 0.6) is 5.75 Å². The second-order valence-corrected chi connectivity index (χ2v) is 7.61. The van der Waals surface area contributed by atoms with Gasteiger partial charge in [-0.05, 0) is 31.9 Å². The summed E-state index contributed by atoms with van der Waals surface area (Å²) in [5, 5.41) is 13.5. The number of rotatable bonds is 10. The summed E-state index contributed by atoms with van der Waals surface area (Å²) < 4.78 is 5.52. The van der Waals surface area contributed by atoms with Crippen LogP contribution >= 0.6 is 0 Å². The highest BCUT2D eigenvalue weighted by Crippen LogP contribution is 2.27. The average Bonchev–Trinajstić information content (AvgIpc) is 3.18. The van der Waals surface area contributed by atoms with Gasteiger partial charge in [0.25, 0.3) is 5.91 Å². The quantitative estimate of drug-likeness (QED) is 0.367. The summed E-state index contributed by atoms with van der Waals surface area (Å²) in [5.74, 6) is -0.846. The van der Waals surface area contributed by atoms with Crippen molar-refractivity contribution in [2.75, 3.05) is 20.2 Å². The number of carboxylic acid groups (broad SMARTS) is 1.